The summed E-state index contributed by atoms with van der Waals surface area (Å²) in [6.45, 7) is 6.76. The molecule has 100 valence electrons. The Morgan fingerprint density at radius 3 is 2.50 bits per heavy atom. The summed E-state index contributed by atoms with van der Waals surface area (Å²) in [4.78, 5) is 16.7. The van der Waals surface area contributed by atoms with Crippen molar-refractivity contribution < 1.29 is 9.63 Å². The topological polar surface area (TPSA) is 50.4 Å². The molecule has 18 heavy (non-hydrogen) atoms. The minimum absolute atomic E-state index is 0.0516. The fraction of sp³-hybridized carbons (Fsp3) is 0.500. The minimum Gasteiger partial charge on any atom is -0.352 e. The van der Waals surface area contributed by atoms with Gasteiger partial charge >= 0.3 is 0 Å². The van der Waals surface area contributed by atoms with E-state index in [2.05, 4.69) is 24.6 Å². The van der Waals surface area contributed by atoms with Gasteiger partial charge in [-0.1, -0.05) is 44.2 Å². The molecule has 0 bridgehead atoms. The Morgan fingerprint density at radius 2 is 1.89 bits per heavy atom. The summed E-state index contributed by atoms with van der Waals surface area (Å²) in [6, 6.07) is 9.99. The zero-order valence-corrected chi connectivity index (χ0v) is 11.3. The predicted octanol–water partition coefficient (Wildman–Crippen LogP) is 1.87. The Kier molecular flexibility index (Phi) is 6.39. The SMILES string of the molecule is CC(C)C(C)NC(=O)CNOCc1ccccc1. The fourth-order valence-corrected chi connectivity index (χ4v) is 1.30. The summed E-state index contributed by atoms with van der Waals surface area (Å²) in [5, 5.41) is 2.90. The van der Waals surface area contributed by atoms with Crippen LogP contribution in [0.5, 0.6) is 0 Å². The molecule has 1 atom stereocenters. The lowest BCUT2D eigenvalue weighted by atomic mass is 10.1. The molecule has 0 radical (unpaired) electrons. The number of hydrogen-bond donors (Lipinski definition) is 2. The molecule has 1 unspecified atom stereocenters. The molecule has 1 amide bonds. The Hall–Kier alpha value is -1.39. The van der Waals surface area contributed by atoms with Crippen LogP contribution in [0.4, 0.5) is 0 Å². The van der Waals surface area contributed by atoms with Crippen LogP contribution < -0.4 is 10.8 Å². The number of hydroxylamine groups is 1. The Balaban J connectivity index is 2.13. The first kappa shape index (κ1) is 14.7. The highest BCUT2D eigenvalue weighted by molar-refractivity contribution is 5.78. The first-order valence-corrected chi connectivity index (χ1v) is 6.27. The van der Waals surface area contributed by atoms with E-state index in [4.69, 9.17) is 4.84 Å². The zero-order valence-electron chi connectivity index (χ0n) is 11.3. The van der Waals surface area contributed by atoms with Gasteiger partial charge in [0.05, 0.1) is 13.2 Å². The van der Waals surface area contributed by atoms with E-state index < -0.39 is 0 Å². The van der Waals surface area contributed by atoms with Gasteiger partial charge in [0.1, 0.15) is 0 Å². The molecule has 4 heteroatoms. The van der Waals surface area contributed by atoms with Crippen LogP contribution >= 0.6 is 0 Å². The minimum atomic E-state index is -0.0516. The molecule has 0 heterocycles. The third-order valence-electron chi connectivity index (χ3n) is 2.81. The third kappa shape index (κ3) is 5.80. The maximum Gasteiger partial charge on any atom is 0.236 e. The van der Waals surface area contributed by atoms with Gasteiger partial charge in [-0.2, -0.15) is 5.48 Å². The van der Waals surface area contributed by atoms with E-state index >= 15 is 0 Å². The van der Waals surface area contributed by atoms with E-state index in [0.29, 0.717) is 12.5 Å². The van der Waals surface area contributed by atoms with Gasteiger partial charge in [0, 0.05) is 6.04 Å². The molecule has 0 saturated heterocycles. The highest BCUT2D eigenvalue weighted by atomic mass is 16.6. The van der Waals surface area contributed by atoms with Crippen molar-refractivity contribution in [2.45, 2.75) is 33.4 Å². The number of hydrogen-bond acceptors (Lipinski definition) is 3. The standard InChI is InChI=1S/C14H22N2O2/c1-11(2)12(3)16-14(17)9-15-18-10-13-7-5-4-6-8-13/h4-8,11-12,15H,9-10H2,1-3H3,(H,16,17). The zero-order chi connectivity index (χ0) is 13.4. The van der Waals surface area contributed by atoms with Gasteiger partial charge in [0.15, 0.2) is 0 Å². The number of benzene rings is 1. The molecule has 1 aromatic carbocycles. The van der Waals surface area contributed by atoms with Gasteiger partial charge in [-0.3, -0.25) is 9.63 Å². The molecule has 0 aliphatic heterocycles. The van der Waals surface area contributed by atoms with E-state index in [9.17, 15) is 4.79 Å². The molecule has 0 aliphatic rings. The van der Waals surface area contributed by atoms with Crippen molar-refractivity contribution in [3.63, 3.8) is 0 Å². The van der Waals surface area contributed by atoms with Gasteiger partial charge in [0.25, 0.3) is 0 Å². The monoisotopic (exact) mass is 250 g/mol. The number of nitrogens with one attached hydrogen (secondary N) is 2. The molecule has 0 fully saturated rings. The number of rotatable bonds is 7. The van der Waals surface area contributed by atoms with Crippen LogP contribution in [-0.2, 0) is 16.2 Å². The van der Waals surface area contributed by atoms with E-state index in [1.165, 1.54) is 0 Å². The Labute approximate surface area is 109 Å². The van der Waals surface area contributed by atoms with E-state index in [-0.39, 0.29) is 18.5 Å². The normalized spacial score (nSPS) is 12.4. The second kappa shape index (κ2) is 7.84. The lowest BCUT2D eigenvalue weighted by Crippen LogP contribution is -2.41. The molecular formula is C14H22N2O2. The van der Waals surface area contributed by atoms with Crippen LogP contribution in [-0.4, -0.2) is 18.5 Å². The summed E-state index contributed by atoms with van der Waals surface area (Å²) in [5.41, 5.74) is 3.74. The second-order valence-corrected chi connectivity index (χ2v) is 4.70. The first-order chi connectivity index (χ1) is 8.59. The highest BCUT2D eigenvalue weighted by Crippen LogP contribution is 2.00. The summed E-state index contributed by atoms with van der Waals surface area (Å²) in [6.07, 6.45) is 0. The van der Waals surface area contributed by atoms with Crippen molar-refractivity contribution in [1.29, 1.82) is 0 Å². The van der Waals surface area contributed by atoms with E-state index in [1.54, 1.807) is 0 Å². The van der Waals surface area contributed by atoms with E-state index in [0.717, 1.165) is 5.56 Å². The van der Waals surface area contributed by atoms with Crippen molar-refractivity contribution in [2.75, 3.05) is 6.54 Å². The van der Waals surface area contributed by atoms with Gasteiger partial charge in [0.2, 0.25) is 5.91 Å². The van der Waals surface area contributed by atoms with Gasteiger partial charge in [-0.05, 0) is 18.4 Å². The Morgan fingerprint density at radius 1 is 1.22 bits per heavy atom. The van der Waals surface area contributed by atoms with Crippen LogP contribution in [0.2, 0.25) is 0 Å². The Bertz CT molecular complexity index is 352. The molecule has 2 N–H and O–H groups in total. The van der Waals surface area contributed by atoms with Crippen LogP contribution in [0.1, 0.15) is 26.3 Å². The van der Waals surface area contributed by atoms with Crippen LogP contribution in [0.3, 0.4) is 0 Å². The van der Waals surface area contributed by atoms with Crippen molar-refractivity contribution in [2.24, 2.45) is 5.92 Å². The largest absolute Gasteiger partial charge is 0.352 e. The summed E-state index contributed by atoms with van der Waals surface area (Å²) in [5.74, 6) is 0.378. The maximum absolute atomic E-state index is 11.5. The molecule has 4 nitrogen and oxygen atoms in total. The molecular weight excluding hydrogens is 228 g/mol. The molecule has 1 rings (SSSR count). The summed E-state index contributed by atoms with van der Waals surface area (Å²) >= 11 is 0. The third-order valence-corrected chi connectivity index (χ3v) is 2.81. The van der Waals surface area contributed by atoms with E-state index in [1.807, 2.05) is 37.3 Å². The fourth-order valence-electron chi connectivity index (χ4n) is 1.30. The van der Waals surface area contributed by atoms with Crippen LogP contribution in [0.25, 0.3) is 0 Å². The highest BCUT2D eigenvalue weighted by Gasteiger charge is 2.09. The molecule has 0 saturated carbocycles. The van der Waals surface area contributed by atoms with Crippen LogP contribution in [0.15, 0.2) is 30.3 Å². The molecule has 0 aromatic heterocycles. The summed E-state index contributed by atoms with van der Waals surface area (Å²) < 4.78 is 0. The van der Waals surface area contributed by atoms with Crippen molar-refractivity contribution in [3.05, 3.63) is 35.9 Å². The molecule has 0 spiro atoms. The van der Waals surface area contributed by atoms with Crippen molar-refractivity contribution in [3.8, 4) is 0 Å². The molecule has 1 aromatic rings. The summed E-state index contributed by atoms with van der Waals surface area (Å²) in [7, 11) is 0. The maximum atomic E-state index is 11.5. The lowest BCUT2D eigenvalue weighted by molar-refractivity contribution is -0.124. The van der Waals surface area contributed by atoms with Gasteiger partial charge in [-0.25, -0.2) is 0 Å². The quantitative estimate of drug-likeness (QED) is 0.574. The number of carbonyl (C=O) groups excluding carboxylic acids is 1. The van der Waals surface area contributed by atoms with Gasteiger partial charge in [-0.15, -0.1) is 0 Å². The number of amides is 1. The number of carbonyl (C=O) groups is 1. The average Bonchev–Trinajstić information content (AvgIpc) is 2.35. The van der Waals surface area contributed by atoms with Crippen LogP contribution in [0, 0.1) is 5.92 Å². The average molecular weight is 250 g/mol. The van der Waals surface area contributed by atoms with Gasteiger partial charge < -0.3 is 5.32 Å². The predicted molar refractivity (Wildman–Crippen MR) is 71.7 cm³/mol. The first-order valence-electron chi connectivity index (χ1n) is 6.27. The van der Waals surface area contributed by atoms with Crippen molar-refractivity contribution in [1.82, 2.24) is 10.8 Å². The van der Waals surface area contributed by atoms with Crippen molar-refractivity contribution >= 4 is 5.91 Å². The lowest BCUT2D eigenvalue weighted by Gasteiger charge is -2.17. The smallest absolute Gasteiger partial charge is 0.236 e. The molecule has 0 aliphatic carbocycles. The second-order valence-electron chi connectivity index (χ2n) is 4.70.